The molecule has 0 bridgehead atoms. The van der Waals surface area contributed by atoms with Gasteiger partial charge in [0.25, 0.3) is 0 Å². The van der Waals surface area contributed by atoms with Gasteiger partial charge in [0.1, 0.15) is 30.2 Å². The van der Waals surface area contributed by atoms with Gasteiger partial charge in [-0.25, -0.2) is 28.6 Å². The first kappa shape index (κ1) is 26.2. The van der Waals surface area contributed by atoms with Gasteiger partial charge in [-0.2, -0.15) is 8.62 Å². The maximum atomic E-state index is 12.4. The van der Waals surface area contributed by atoms with Gasteiger partial charge in [-0.3, -0.25) is 13.6 Å². The number of nitrogens with one attached hydrogen (secondary N) is 1. The topological polar surface area (TPSA) is 254 Å². The second-order valence-corrected chi connectivity index (χ2v) is 11.1. The van der Waals surface area contributed by atoms with E-state index in [0.29, 0.717) is 11.3 Å². The summed E-state index contributed by atoms with van der Waals surface area (Å²) < 4.78 is 58.5. The van der Waals surface area contributed by atoms with Crippen LogP contribution in [0, 0.1) is 0 Å². The molecule has 1 aliphatic heterocycles. The van der Waals surface area contributed by atoms with Crippen molar-refractivity contribution in [3.05, 3.63) is 12.7 Å². The molecule has 6 unspecified atom stereocenters. The molecule has 0 amide bonds. The number of hydrogen-bond donors (Lipinski definition) is 6. The molecular weight excluding hydrogens is 515 g/mol. The van der Waals surface area contributed by atoms with Crippen molar-refractivity contribution in [3.8, 4) is 0 Å². The Morgan fingerprint density at radius 2 is 1.82 bits per heavy atom. The number of hydrogen-bond acceptors (Lipinski definition) is 14. The van der Waals surface area contributed by atoms with Crippen molar-refractivity contribution in [2.24, 2.45) is 0 Å². The van der Waals surface area contributed by atoms with Crippen molar-refractivity contribution in [1.82, 2.24) is 19.5 Å². The van der Waals surface area contributed by atoms with Crippen LogP contribution in [-0.2, 0) is 36.1 Å². The first-order chi connectivity index (χ1) is 15.3. The Balaban J connectivity index is 1.73. The van der Waals surface area contributed by atoms with E-state index in [0.717, 1.165) is 7.11 Å². The molecule has 6 atom stereocenters. The van der Waals surface area contributed by atoms with Crippen LogP contribution in [0.25, 0.3) is 11.2 Å². The van der Waals surface area contributed by atoms with Gasteiger partial charge >= 0.3 is 23.5 Å². The molecule has 0 spiro atoms. The lowest BCUT2D eigenvalue weighted by Gasteiger charge is -2.21. The zero-order valence-electron chi connectivity index (χ0n) is 16.8. The fourth-order valence-electron chi connectivity index (χ4n) is 2.87. The van der Waals surface area contributed by atoms with Gasteiger partial charge in [-0.1, -0.05) is 0 Å². The van der Waals surface area contributed by atoms with Gasteiger partial charge in [0, 0.05) is 14.2 Å². The summed E-state index contributed by atoms with van der Waals surface area (Å²) in [5, 5.41) is 23.6. The predicted molar refractivity (Wildman–Crippen MR) is 105 cm³/mol. The Kier molecular flexibility index (Phi) is 7.73. The number of aliphatic hydroxyl groups is 2. The molecule has 0 radical (unpaired) electrons. The van der Waals surface area contributed by atoms with Crippen molar-refractivity contribution in [1.29, 1.82) is 0 Å². The third-order valence-electron chi connectivity index (χ3n) is 4.24. The SMILES string of the molecule is CNc1ncnc2c1ncn2C1OC(COP(=O)(OC)OP(=O)(O)OP(=O)(O)O)C(O)C1O. The predicted octanol–water partition coefficient (Wildman–Crippen LogP) is -0.515. The quantitative estimate of drug-likeness (QED) is 0.209. The number of aromatic nitrogens is 4. The van der Waals surface area contributed by atoms with E-state index in [4.69, 9.17) is 19.0 Å². The molecule has 0 aromatic carbocycles. The van der Waals surface area contributed by atoms with Crippen molar-refractivity contribution < 1.29 is 61.0 Å². The van der Waals surface area contributed by atoms with E-state index in [1.54, 1.807) is 7.05 Å². The summed E-state index contributed by atoms with van der Waals surface area (Å²) in [6, 6.07) is 0. The second-order valence-electron chi connectivity index (χ2n) is 6.39. The summed E-state index contributed by atoms with van der Waals surface area (Å²) in [6.45, 7) is -0.806. The zero-order valence-corrected chi connectivity index (χ0v) is 19.5. The molecular formula is C12H20N5O13P3. The minimum absolute atomic E-state index is 0.258. The van der Waals surface area contributed by atoms with Gasteiger partial charge in [0.2, 0.25) is 0 Å². The number of phosphoric acid groups is 3. The molecule has 3 heterocycles. The van der Waals surface area contributed by atoms with Crippen LogP contribution in [0.5, 0.6) is 0 Å². The lowest BCUT2D eigenvalue weighted by Crippen LogP contribution is -2.33. The van der Waals surface area contributed by atoms with Crippen LogP contribution >= 0.6 is 23.5 Å². The Labute approximate surface area is 184 Å². The van der Waals surface area contributed by atoms with E-state index in [1.165, 1.54) is 17.2 Å². The van der Waals surface area contributed by atoms with Crippen molar-refractivity contribution in [3.63, 3.8) is 0 Å². The van der Waals surface area contributed by atoms with E-state index < -0.39 is 54.6 Å². The van der Waals surface area contributed by atoms with Gasteiger partial charge in [-0.15, -0.1) is 0 Å². The molecule has 18 nitrogen and oxygen atoms in total. The van der Waals surface area contributed by atoms with Gasteiger partial charge in [-0.05, 0) is 0 Å². The van der Waals surface area contributed by atoms with Gasteiger partial charge in [0.05, 0.1) is 12.9 Å². The molecule has 186 valence electrons. The minimum Gasteiger partial charge on any atom is -0.387 e. The van der Waals surface area contributed by atoms with Crippen LogP contribution in [0.3, 0.4) is 0 Å². The second kappa shape index (κ2) is 9.71. The molecule has 33 heavy (non-hydrogen) atoms. The monoisotopic (exact) mass is 535 g/mol. The Bertz CT molecular complexity index is 1140. The van der Waals surface area contributed by atoms with E-state index in [1.807, 2.05) is 0 Å². The number of anilines is 1. The summed E-state index contributed by atoms with van der Waals surface area (Å²) in [7, 11) is -13.7. The largest absolute Gasteiger partial charge is 0.490 e. The molecule has 0 aliphatic carbocycles. The maximum absolute atomic E-state index is 12.4. The molecule has 1 saturated heterocycles. The van der Waals surface area contributed by atoms with Crippen LogP contribution < -0.4 is 5.32 Å². The number of imidazole rings is 1. The third-order valence-corrected chi connectivity index (χ3v) is 8.45. The summed E-state index contributed by atoms with van der Waals surface area (Å²) in [5.74, 6) is 0.399. The van der Waals surface area contributed by atoms with Crippen molar-refractivity contribution in [2.75, 3.05) is 26.1 Å². The van der Waals surface area contributed by atoms with E-state index in [2.05, 4.69) is 33.4 Å². The summed E-state index contributed by atoms with van der Waals surface area (Å²) in [4.78, 5) is 38.8. The molecule has 2 aromatic rings. The molecule has 3 rings (SSSR count). The standard InChI is InChI=1S/C12H20N5O13P3/c1-13-10-7-11(15-4-14-10)17(5-16-7)12-9(19)8(18)6(28-12)3-27-33(25,26-2)30-32(23,24)29-31(20,21)22/h4-6,8-9,12,18-19H,3H2,1-2H3,(H,23,24)(H,13,14,15)(H2,20,21,22). The molecule has 1 aliphatic rings. The summed E-state index contributed by atoms with van der Waals surface area (Å²) >= 11 is 0. The summed E-state index contributed by atoms with van der Waals surface area (Å²) in [5.41, 5.74) is 0.611. The fourth-order valence-corrected chi connectivity index (χ4v) is 6.23. The van der Waals surface area contributed by atoms with E-state index in [-0.39, 0.29) is 5.65 Å². The fraction of sp³-hybridized carbons (Fsp3) is 0.583. The molecule has 21 heteroatoms. The smallest absolute Gasteiger partial charge is 0.387 e. The van der Waals surface area contributed by atoms with Crippen LogP contribution in [0.15, 0.2) is 12.7 Å². The van der Waals surface area contributed by atoms with Crippen LogP contribution in [0.1, 0.15) is 6.23 Å². The lowest BCUT2D eigenvalue weighted by molar-refractivity contribution is -0.0508. The normalized spacial score (nSPS) is 27.4. The van der Waals surface area contributed by atoms with Gasteiger partial charge < -0.3 is 34.9 Å². The highest BCUT2D eigenvalue weighted by molar-refractivity contribution is 7.66. The average molecular weight is 535 g/mol. The van der Waals surface area contributed by atoms with Crippen LogP contribution in [-0.4, -0.2) is 83.5 Å². The van der Waals surface area contributed by atoms with Crippen molar-refractivity contribution in [2.45, 2.75) is 24.5 Å². The highest BCUT2D eigenvalue weighted by Gasteiger charge is 2.47. The summed E-state index contributed by atoms with van der Waals surface area (Å²) in [6.07, 6.45) is -3.19. The first-order valence-corrected chi connectivity index (χ1v) is 13.3. The first-order valence-electron chi connectivity index (χ1n) is 8.77. The number of nitrogens with zero attached hydrogens (tertiary/aromatic N) is 4. The number of aliphatic hydroxyl groups excluding tert-OH is 2. The Morgan fingerprint density at radius 3 is 2.42 bits per heavy atom. The lowest BCUT2D eigenvalue weighted by atomic mass is 10.1. The zero-order chi connectivity index (χ0) is 24.6. The highest BCUT2D eigenvalue weighted by atomic mass is 31.3. The average Bonchev–Trinajstić information content (AvgIpc) is 3.25. The molecule has 0 saturated carbocycles. The minimum atomic E-state index is -5.59. The van der Waals surface area contributed by atoms with Crippen LogP contribution in [0.4, 0.5) is 5.82 Å². The Hall–Kier alpha value is -1.36. The van der Waals surface area contributed by atoms with Crippen molar-refractivity contribution >= 4 is 40.4 Å². The third kappa shape index (κ3) is 6.01. The van der Waals surface area contributed by atoms with E-state index >= 15 is 0 Å². The molecule has 2 aromatic heterocycles. The number of fused-ring (bicyclic) bond motifs is 1. The van der Waals surface area contributed by atoms with E-state index in [9.17, 15) is 28.8 Å². The number of ether oxygens (including phenoxy) is 1. The van der Waals surface area contributed by atoms with Gasteiger partial charge in [0.15, 0.2) is 17.7 Å². The number of rotatable bonds is 10. The Morgan fingerprint density at radius 1 is 1.12 bits per heavy atom. The number of phosphoric ester groups is 1. The molecule has 6 N–H and O–H groups in total. The van der Waals surface area contributed by atoms with Crippen LogP contribution in [0.2, 0.25) is 0 Å². The molecule has 1 fully saturated rings. The maximum Gasteiger partial charge on any atom is 0.490 e. The highest BCUT2D eigenvalue weighted by Crippen LogP contribution is 2.68.